The van der Waals surface area contributed by atoms with E-state index in [2.05, 4.69) is 31.7 Å². The van der Waals surface area contributed by atoms with Crippen molar-refractivity contribution in [1.82, 2.24) is 5.43 Å². The highest BCUT2D eigenvalue weighted by Crippen LogP contribution is 2.25. The number of nitrogens with zero attached hydrogens (tertiary/aromatic N) is 1. The molecular formula is C11H17BrN4O. The van der Waals surface area contributed by atoms with Gasteiger partial charge in [-0.05, 0) is 34.5 Å². The van der Waals surface area contributed by atoms with Gasteiger partial charge in [-0.2, -0.15) is 0 Å². The minimum Gasteiger partial charge on any atom is -0.383 e. The van der Waals surface area contributed by atoms with E-state index in [1.165, 1.54) is 0 Å². The first-order valence-corrected chi connectivity index (χ1v) is 6.00. The van der Waals surface area contributed by atoms with Crippen molar-refractivity contribution in [1.29, 1.82) is 0 Å². The van der Waals surface area contributed by atoms with Gasteiger partial charge in [-0.15, -0.1) is 0 Å². The number of nitrogens with one attached hydrogen (secondary N) is 2. The number of ether oxygens (including phenoxy) is 1. The van der Waals surface area contributed by atoms with Gasteiger partial charge in [0.15, 0.2) is 0 Å². The molecule has 5 nitrogen and oxygen atoms in total. The number of aliphatic imine (C=N–C) groups is 1. The third kappa shape index (κ3) is 4.33. The van der Waals surface area contributed by atoms with Crippen molar-refractivity contribution in [3.63, 3.8) is 0 Å². The van der Waals surface area contributed by atoms with Gasteiger partial charge in [0.1, 0.15) is 0 Å². The number of benzene rings is 1. The number of hydrazine groups is 1. The van der Waals surface area contributed by atoms with Gasteiger partial charge >= 0.3 is 0 Å². The first-order chi connectivity index (χ1) is 8.19. The molecule has 0 saturated heterocycles. The monoisotopic (exact) mass is 300 g/mol. The van der Waals surface area contributed by atoms with Crippen molar-refractivity contribution in [3.05, 3.63) is 28.2 Å². The van der Waals surface area contributed by atoms with Crippen LogP contribution < -0.4 is 16.6 Å². The number of hydrogen-bond acceptors (Lipinski definition) is 3. The molecule has 4 N–H and O–H groups in total. The maximum Gasteiger partial charge on any atom is 0.210 e. The van der Waals surface area contributed by atoms with Gasteiger partial charge in [-0.25, -0.2) is 10.8 Å². The molecule has 0 saturated carbocycles. The van der Waals surface area contributed by atoms with E-state index in [9.17, 15) is 0 Å². The van der Waals surface area contributed by atoms with Crippen LogP contribution in [0, 0.1) is 6.92 Å². The Morgan fingerprint density at radius 1 is 1.53 bits per heavy atom. The van der Waals surface area contributed by atoms with Crippen LogP contribution in [0.25, 0.3) is 0 Å². The van der Waals surface area contributed by atoms with Crippen LogP contribution in [-0.2, 0) is 4.74 Å². The van der Waals surface area contributed by atoms with E-state index in [0.717, 1.165) is 15.7 Å². The number of rotatable bonds is 4. The zero-order valence-electron chi connectivity index (χ0n) is 9.96. The lowest BCUT2D eigenvalue weighted by molar-refractivity contribution is 0.208. The number of nitrogens with two attached hydrogens (primary N) is 1. The normalized spacial score (nSPS) is 11.4. The largest absolute Gasteiger partial charge is 0.383 e. The molecule has 1 aromatic rings. The fourth-order valence-corrected chi connectivity index (χ4v) is 1.60. The quantitative estimate of drug-likeness (QED) is 0.260. The molecular weight excluding hydrogens is 284 g/mol. The summed E-state index contributed by atoms with van der Waals surface area (Å²) in [5.41, 5.74) is 4.58. The molecule has 0 unspecified atom stereocenters. The van der Waals surface area contributed by atoms with Crippen LogP contribution in [0.15, 0.2) is 27.7 Å². The Morgan fingerprint density at radius 3 is 2.94 bits per heavy atom. The molecule has 0 heterocycles. The van der Waals surface area contributed by atoms with Gasteiger partial charge in [0.25, 0.3) is 0 Å². The molecule has 0 amide bonds. The molecule has 1 aromatic carbocycles. The van der Waals surface area contributed by atoms with Crippen molar-refractivity contribution in [2.45, 2.75) is 6.92 Å². The Balaban J connectivity index is 2.73. The first kappa shape index (κ1) is 14.0. The number of halogens is 1. The molecule has 0 aliphatic rings. The molecule has 0 bridgehead atoms. The summed E-state index contributed by atoms with van der Waals surface area (Å²) < 4.78 is 5.91. The third-order valence-electron chi connectivity index (χ3n) is 2.15. The Labute approximate surface area is 110 Å². The lowest BCUT2D eigenvalue weighted by atomic mass is 10.2. The summed E-state index contributed by atoms with van der Waals surface area (Å²) in [6, 6.07) is 5.93. The Morgan fingerprint density at radius 2 is 2.29 bits per heavy atom. The molecule has 0 fully saturated rings. The van der Waals surface area contributed by atoms with E-state index in [1.54, 1.807) is 7.11 Å². The molecule has 0 atom stereocenters. The Hall–Kier alpha value is -1.11. The van der Waals surface area contributed by atoms with Crippen molar-refractivity contribution in [2.75, 3.05) is 25.6 Å². The van der Waals surface area contributed by atoms with E-state index in [4.69, 9.17) is 10.6 Å². The predicted molar refractivity (Wildman–Crippen MR) is 74.0 cm³/mol. The molecule has 6 heteroatoms. The summed E-state index contributed by atoms with van der Waals surface area (Å²) in [4.78, 5) is 4.22. The number of guanidine groups is 1. The molecule has 0 aliphatic carbocycles. The van der Waals surface area contributed by atoms with Crippen LogP contribution in [0.3, 0.4) is 0 Å². The molecule has 1 rings (SSSR count). The van der Waals surface area contributed by atoms with Crippen molar-refractivity contribution in [3.8, 4) is 0 Å². The summed E-state index contributed by atoms with van der Waals surface area (Å²) in [6.07, 6.45) is 0. The second kappa shape index (κ2) is 7.26. The fraction of sp³-hybridized carbons (Fsp3) is 0.364. The average molecular weight is 301 g/mol. The van der Waals surface area contributed by atoms with Gasteiger partial charge in [0.2, 0.25) is 5.96 Å². The SMILES string of the molecule is COCCN=C(NN)Nc1cccc(C)c1Br. The van der Waals surface area contributed by atoms with Crippen LogP contribution in [0.1, 0.15) is 5.56 Å². The van der Waals surface area contributed by atoms with Gasteiger partial charge in [-0.3, -0.25) is 5.43 Å². The summed E-state index contributed by atoms with van der Waals surface area (Å²) in [7, 11) is 1.63. The van der Waals surface area contributed by atoms with Gasteiger partial charge < -0.3 is 10.1 Å². The molecule has 94 valence electrons. The van der Waals surface area contributed by atoms with E-state index in [0.29, 0.717) is 19.1 Å². The van der Waals surface area contributed by atoms with Gasteiger partial charge in [0.05, 0.1) is 18.8 Å². The maximum atomic E-state index is 5.39. The smallest absolute Gasteiger partial charge is 0.210 e. The summed E-state index contributed by atoms with van der Waals surface area (Å²) >= 11 is 3.51. The summed E-state index contributed by atoms with van der Waals surface area (Å²) in [6.45, 7) is 3.13. The highest BCUT2D eigenvalue weighted by atomic mass is 79.9. The minimum absolute atomic E-state index is 0.508. The standard InChI is InChI=1S/C11H17BrN4O/c1-8-4-3-5-9(10(8)12)15-11(16-13)14-6-7-17-2/h3-5H,6-7,13H2,1-2H3,(H2,14,15,16). The van der Waals surface area contributed by atoms with Gasteiger partial charge in [-0.1, -0.05) is 12.1 Å². The zero-order valence-corrected chi connectivity index (χ0v) is 11.5. The molecule has 0 spiro atoms. The predicted octanol–water partition coefficient (Wildman–Crippen LogP) is 1.64. The van der Waals surface area contributed by atoms with E-state index < -0.39 is 0 Å². The van der Waals surface area contributed by atoms with E-state index in [1.807, 2.05) is 25.1 Å². The maximum absolute atomic E-state index is 5.39. The highest BCUT2D eigenvalue weighted by Gasteiger charge is 2.04. The van der Waals surface area contributed by atoms with Crippen molar-refractivity contribution in [2.24, 2.45) is 10.8 Å². The number of hydrogen-bond donors (Lipinski definition) is 3. The van der Waals surface area contributed by atoms with E-state index >= 15 is 0 Å². The third-order valence-corrected chi connectivity index (χ3v) is 3.20. The molecule has 17 heavy (non-hydrogen) atoms. The number of methoxy groups -OCH3 is 1. The Bertz CT molecular complexity index is 395. The second-order valence-electron chi connectivity index (χ2n) is 3.43. The van der Waals surface area contributed by atoms with Crippen molar-refractivity contribution >= 4 is 27.6 Å². The number of aryl methyl sites for hydroxylation is 1. The average Bonchev–Trinajstić information content (AvgIpc) is 2.33. The van der Waals surface area contributed by atoms with E-state index in [-0.39, 0.29) is 0 Å². The van der Waals surface area contributed by atoms with Crippen LogP contribution in [0.5, 0.6) is 0 Å². The lowest BCUT2D eigenvalue weighted by Crippen LogP contribution is -2.36. The topological polar surface area (TPSA) is 71.7 Å². The van der Waals surface area contributed by atoms with Crippen LogP contribution >= 0.6 is 15.9 Å². The molecule has 0 aromatic heterocycles. The molecule has 0 aliphatic heterocycles. The Kier molecular flexibility index (Phi) is 5.96. The lowest BCUT2D eigenvalue weighted by Gasteiger charge is -2.12. The van der Waals surface area contributed by atoms with Crippen molar-refractivity contribution < 1.29 is 4.74 Å². The minimum atomic E-state index is 0.508. The zero-order chi connectivity index (χ0) is 12.7. The highest BCUT2D eigenvalue weighted by molar-refractivity contribution is 9.10. The van der Waals surface area contributed by atoms with Gasteiger partial charge in [0, 0.05) is 11.6 Å². The summed E-state index contributed by atoms with van der Waals surface area (Å²) in [5, 5.41) is 3.11. The number of anilines is 1. The van der Waals surface area contributed by atoms with Crippen LogP contribution in [0.4, 0.5) is 5.69 Å². The van der Waals surface area contributed by atoms with Crippen LogP contribution in [-0.4, -0.2) is 26.2 Å². The summed E-state index contributed by atoms with van der Waals surface area (Å²) in [5.74, 6) is 5.90. The second-order valence-corrected chi connectivity index (χ2v) is 4.22. The fourth-order valence-electron chi connectivity index (χ4n) is 1.24. The molecule has 0 radical (unpaired) electrons. The first-order valence-electron chi connectivity index (χ1n) is 5.21. The van der Waals surface area contributed by atoms with Crippen LogP contribution in [0.2, 0.25) is 0 Å².